The number of H-pyrrole nitrogens is 1. The van der Waals surface area contributed by atoms with E-state index in [-0.39, 0.29) is 24.9 Å². The molecule has 6 rings (SSSR count). The van der Waals surface area contributed by atoms with Gasteiger partial charge in [-0.25, -0.2) is 14.2 Å². The number of benzene rings is 2. The SMILES string of the molecule is CC1(c2ccc(C(NC(=O)C3CC(F)CN3C(=O)Cn3c(=O)[nH]c4ccccc43)c3ccccc3)nc2F)CC1. The minimum atomic E-state index is -1.40. The van der Waals surface area contributed by atoms with Crippen LogP contribution in [0.4, 0.5) is 8.78 Å². The molecule has 3 heterocycles. The largest absolute Gasteiger partial charge is 0.342 e. The number of amides is 2. The predicted octanol–water partition coefficient (Wildman–Crippen LogP) is 3.76. The van der Waals surface area contributed by atoms with Crippen LogP contribution in [0.25, 0.3) is 11.0 Å². The fourth-order valence-electron chi connectivity index (χ4n) is 5.53. The van der Waals surface area contributed by atoms with Crippen LogP contribution in [0.3, 0.4) is 0 Å². The first-order valence-electron chi connectivity index (χ1n) is 13.4. The van der Waals surface area contributed by atoms with Crippen LogP contribution in [0.1, 0.15) is 49.0 Å². The first kappa shape index (κ1) is 25.9. The lowest BCUT2D eigenvalue weighted by Crippen LogP contribution is -2.48. The smallest absolute Gasteiger partial charge is 0.326 e. The quantitative estimate of drug-likeness (QED) is 0.346. The first-order valence-corrected chi connectivity index (χ1v) is 13.4. The van der Waals surface area contributed by atoms with Crippen LogP contribution >= 0.6 is 0 Å². The molecule has 0 radical (unpaired) electrons. The molecule has 206 valence electrons. The Hall–Kier alpha value is -4.34. The summed E-state index contributed by atoms with van der Waals surface area (Å²) < 4.78 is 31.0. The predicted molar refractivity (Wildman–Crippen MR) is 145 cm³/mol. The number of carbonyl (C=O) groups is 2. The zero-order valence-corrected chi connectivity index (χ0v) is 21.9. The summed E-state index contributed by atoms with van der Waals surface area (Å²) in [6.07, 6.45) is 0.208. The molecular formula is C30H29F2N5O3. The Bertz CT molecular complexity index is 1650. The van der Waals surface area contributed by atoms with Crippen LogP contribution in [0.15, 0.2) is 71.5 Å². The number of pyridine rings is 1. The van der Waals surface area contributed by atoms with Crippen molar-refractivity contribution >= 4 is 22.8 Å². The van der Waals surface area contributed by atoms with Gasteiger partial charge in [0.2, 0.25) is 17.8 Å². The highest BCUT2D eigenvalue weighted by atomic mass is 19.1. The van der Waals surface area contributed by atoms with Gasteiger partial charge in [0.05, 0.1) is 29.3 Å². The van der Waals surface area contributed by atoms with E-state index in [2.05, 4.69) is 15.3 Å². The van der Waals surface area contributed by atoms with Crippen LogP contribution in [0.5, 0.6) is 0 Å². The van der Waals surface area contributed by atoms with E-state index in [1.165, 1.54) is 9.47 Å². The monoisotopic (exact) mass is 545 g/mol. The zero-order chi connectivity index (χ0) is 28.0. The average Bonchev–Trinajstić information content (AvgIpc) is 3.44. The fourth-order valence-corrected chi connectivity index (χ4v) is 5.53. The van der Waals surface area contributed by atoms with Crippen LogP contribution in [-0.2, 0) is 21.5 Å². The van der Waals surface area contributed by atoms with Gasteiger partial charge >= 0.3 is 5.69 Å². The number of nitrogens with one attached hydrogen (secondary N) is 2. The Morgan fingerprint density at radius 3 is 2.55 bits per heavy atom. The number of aromatic nitrogens is 3. The Morgan fingerprint density at radius 2 is 1.82 bits per heavy atom. The lowest BCUT2D eigenvalue weighted by Gasteiger charge is -2.27. The van der Waals surface area contributed by atoms with Gasteiger partial charge in [0.25, 0.3) is 0 Å². The molecule has 2 aromatic heterocycles. The Morgan fingerprint density at radius 1 is 1.10 bits per heavy atom. The highest BCUT2D eigenvalue weighted by Crippen LogP contribution is 2.48. The molecule has 2 fully saturated rings. The van der Waals surface area contributed by atoms with Crippen molar-refractivity contribution in [3.8, 4) is 0 Å². The third kappa shape index (κ3) is 4.78. The van der Waals surface area contributed by atoms with Crippen molar-refractivity contribution < 1.29 is 18.4 Å². The van der Waals surface area contributed by atoms with Gasteiger partial charge in [0, 0.05) is 12.0 Å². The third-order valence-electron chi connectivity index (χ3n) is 8.08. The first-order chi connectivity index (χ1) is 19.2. The third-order valence-corrected chi connectivity index (χ3v) is 8.08. The second-order valence-corrected chi connectivity index (χ2v) is 10.9. The van der Waals surface area contributed by atoms with E-state index in [4.69, 9.17) is 0 Å². The molecule has 3 unspecified atom stereocenters. The van der Waals surface area contributed by atoms with Crippen LogP contribution in [0, 0.1) is 5.95 Å². The van der Waals surface area contributed by atoms with E-state index in [1.54, 1.807) is 60.7 Å². The van der Waals surface area contributed by atoms with Gasteiger partial charge in [0.15, 0.2) is 0 Å². The summed E-state index contributed by atoms with van der Waals surface area (Å²) in [5.74, 6) is -1.69. The molecule has 0 bridgehead atoms. The number of aromatic amines is 1. The molecule has 3 atom stereocenters. The maximum Gasteiger partial charge on any atom is 0.326 e. The summed E-state index contributed by atoms with van der Waals surface area (Å²) in [6, 6.07) is 17.5. The minimum absolute atomic E-state index is 0.180. The number of halogens is 2. The highest BCUT2D eigenvalue weighted by Gasteiger charge is 2.43. The molecule has 2 aromatic carbocycles. The van der Waals surface area contributed by atoms with Crippen molar-refractivity contribution in [3.05, 3.63) is 100.0 Å². The molecule has 4 aromatic rings. The maximum atomic E-state index is 15.1. The standard InChI is InChI=1S/C30H29F2N5O3/c1-30(13-14-30)20-11-12-22(33-27(20)32)26(18-7-3-2-4-8-18)35-28(39)24-15-19(31)16-36(24)25(38)17-37-23-10-6-5-9-21(23)34-29(37)40/h2-12,19,24,26H,13-17H2,1H3,(H,34,40)(H,35,39). The summed E-state index contributed by atoms with van der Waals surface area (Å²) in [5.41, 5.74) is 1.97. The highest BCUT2D eigenvalue weighted by molar-refractivity contribution is 5.89. The molecule has 2 amide bonds. The summed E-state index contributed by atoms with van der Waals surface area (Å²) in [4.78, 5) is 47.5. The molecule has 8 nitrogen and oxygen atoms in total. The molecule has 1 saturated carbocycles. The van der Waals surface area contributed by atoms with E-state index in [9.17, 15) is 18.8 Å². The zero-order valence-electron chi connectivity index (χ0n) is 21.9. The Labute approximate surface area is 229 Å². The number of fused-ring (bicyclic) bond motifs is 1. The van der Waals surface area contributed by atoms with Crippen molar-refractivity contribution in [1.82, 2.24) is 24.8 Å². The molecule has 1 saturated heterocycles. The lowest BCUT2D eigenvalue weighted by atomic mass is 9.97. The van der Waals surface area contributed by atoms with Gasteiger partial charge in [-0.1, -0.05) is 55.5 Å². The second kappa shape index (κ2) is 10.0. The Kier molecular flexibility index (Phi) is 6.48. The van der Waals surface area contributed by atoms with Crippen molar-refractivity contribution in [1.29, 1.82) is 0 Å². The maximum absolute atomic E-state index is 15.1. The van der Waals surface area contributed by atoms with Crippen LogP contribution < -0.4 is 11.0 Å². The minimum Gasteiger partial charge on any atom is -0.342 e. The van der Waals surface area contributed by atoms with Crippen molar-refractivity contribution in [2.24, 2.45) is 0 Å². The topological polar surface area (TPSA) is 100 Å². The van der Waals surface area contributed by atoms with E-state index in [0.29, 0.717) is 27.9 Å². The summed E-state index contributed by atoms with van der Waals surface area (Å²) in [6.45, 7) is 1.39. The number of nitrogens with zero attached hydrogens (tertiary/aromatic N) is 3. The average molecular weight is 546 g/mol. The van der Waals surface area contributed by atoms with E-state index in [0.717, 1.165) is 12.8 Å². The number of hydrogen-bond donors (Lipinski definition) is 2. The van der Waals surface area contributed by atoms with Gasteiger partial charge in [-0.15, -0.1) is 0 Å². The molecule has 1 aliphatic heterocycles. The second-order valence-electron chi connectivity index (χ2n) is 10.9. The molecular weight excluding hydrogens is 516 g/mol. The van der Waals surface area contributed by atoms with Gasteiger partial charge in [-0.2, -0.15) is 4.39 Å². The van der Waals surface area contributed by atoms with Crippen LogP contribution in [-0.4, -0.2) is 50.0 Å². The number of para-hydroxylation sites is 2. The molecule has 2 N–H and O–H groups in total. The van der Waals surface area contributed by atoms with Gasteiger partial charge in [-0.3, -0.25) is 14.2 Å². The Balaban J connectivity index is 1.26. The molecule has 1 aliphatic carbocycles. The molecule has 0 spiro atoms. The van der Waals surface area contributed by atoms with Crippen molar-refractivity contribution in [2.45, 2.75) is 56.4 Å². The molecule has 2 aliphatic rings. The molecule has 10 heteroatoms. The van der Waals surface area contributed by atoms with Crippen LogP contribution in [0.2, 0.25) is 0 Å². The van der Waals surface area contributed by atoms with E-state index in [1.807, 2.05) is 13.0 Å². The van der Waals surface area contributed by atoms with E-state index >= 15 is 4.39 Å². The number of rotatable bonds is 7. The summed E-state index contributed by atoms with van der Waals surface area (Å²) in [5, 5.41) is 2.89. The molecule has 40 heavy (non-hydrogen) atoms. The van der Waals surface area contributed by atoms with Crippen molar-refractivity contribution in [3.63, 3.8) is 0 Å². The number of likely N-dealkylation sites (tertiary alicyclic amines) is 1. The van der Waals surface area contributed by atoms with Gasteiger partial charge in [0.1, 0.15) is 18.8 Å². The van der Waals surface area contributed by atoms with Gasteiger partial charge in [-0.05, 0) is 42.0 Å². The number of hydrogen-bond acceptors (Lipinski definition) is 4. The summed E-state index contributed by atoms with van der Waals surface area (Å²) in [7, 11) is 0. The van der Waals surface area contributed by atoms with Gasteiger partial charge < -0.3 is 15.2 Å². The fraction of sp³-hybridized carbons (Fsp3) is 0.333. The number of alkyl halides is 1. The normalized spacial score (nSPS) is 20.4. The summed E-state index contributed by atoms with van der Waals surface area (Å²) >= 11 is 0. The number of imidazole rings is 1. The lowest BCUT2D eigenvalue weighted by molar-refractivity contribution is -0.139. The van der Waals surface area contributed by atoms with Crippen molar-refractivity contribution in [2.75, 3.05) is 6.54 Å². The number of carbonyl (C=O) groups excluding carboxylic acids is 2. The van der Waals surface area contributed by atoms with E-state index < -0.39 is 41.7 Å².